The molecule has 4 heterocycles. The molecule has 2 aliphatic rings. The maximum absolute atomic E-state index is 13.1. The molecule has 9 nitrogen and oxygen atoms in total. The largest absolute Gasteiger partial charge is 0.340 e. The first-order valence-corrected chi connectivity index (χ1v) is 13.7. The number of hydrazine groups is 1. The number of hydrogen-bond acceptors (Lipinski definition) is 8. The van der Waals surface area contributed by atoms with Gasteiger partial charge < -0.3 is 10.2 Å². The minimum absolute atomic E-state index is 0.0665. The fourth-order valence-corrected chi connectivity index (χ4v) is 6.14. The molecule has 0 radical (unpaired) electrons. The van der Waals surface area contributed by atoms with Gasteiger partial charge in [0.25, 0.3) is 0 Å². The molecule has 0 aromatic carbocycles. The van der Waals surface area contributed by atoms with Gasteiger partial charge in [-0.25, -0.2) is 20.0 Å². The Kier molecular flexibility index (Phi) is 7.76. The topological polar surface area (TPSA) is 103 Å². The first-order valence-electron chi connectivity index (χ1n) is 12.9. The molecular weight excluding hydrogens is 486 g/mol. The van der Waals surface area contributed by atoms with Gasteiger partial charge in [0.05, 0.1) is 15.6 Å². The molecule has 10 heteroatoms. The van der Waals surface area contributed by atoms with Gasteiger partial charge in [0, 0.05) is 57.3 Å². The second-order valence-electron chi connectivity index (χ2n) is 9.84. The summed E-state index contributed by atoms with van der Waals surface area (Å²) in [5.41, 5.74) is 4.85. The lowest BCUT2D eigenvalue weighted by Crippen LogP contribution is -2.55. The Hall–Kier alpha value is -3.37. The van der Waals surface area contributed by atoms with Crippen molar-refractivity contribution in [1.82, 2.24) is 30.3 Å². The number of amides is 2. The highest BCUT2D eigenvalue weighted by molar-refractivity contribution is 7.15. The number of pyridine rings is 2. The third-order valence-electron chi connectivity index (χ3n) is 7.03. The molecule has 5 rings (SSSR count). The number of anilines is 2. The van der Waals surface area contributed by atoms with Crippen LogP contribution in [-0.4, -0.2) is 62.9 Å². The quantitative estimate of drug-likeness (QED) is 0.505. The van der Waals surface area contributed by atoms with Gasteiger partial charge in [-0.3, -0.25) is 15.0 Å². The van der Waals surface area contributed by atoms with Gasteiger partial charge in [0.2, 0.25) is 11.8 Å². The molecule has 37 heavy (non-hydrogen) atoms. The van der Waals surface area contributed by atoms with E-state index in [4.69, 9.17) is 9.97 Å². The van der Waals surface area contributed by atoms with Crippen LogP contribution in [0, 0.1) is 12.8 Å². The molecule has 1 aliphatic carbocycles. The second kappa shape index (κ2) is 11.4. The van der Waals surface area contributed by atoms with Crippen molar-refractivity contribution in [3.05, 3.63) is 53.3 Å². The van der Waals surface area contributed by atoms with Crippen molar-refractivity contribution in [2.45, 2.75) is 45.4 Å². The summed E-state index contributed by atoms with van der Waals surface area (Å²) in [4.78, 5) is 41.2. The summed E-state index contributed by atoms with van der Waals surface area (Å²) in [5, 5.41) is 6.31. The number of carbonyl (C=O) groups is 2. The van der Waals surface area contributed by atoms with Crippen LogP contribution in [0.25, 0.3) is 10.6 Å². The zero-order chi connectivity index (χ0) is 25.8. The third kappa shape index (κ3) is 6.31. The Morgan fingerprint density at radius 1 is 1.00 bits per heavy atom. The predicted molar refractivity (Wildman–Crippen MR) is 144 cm³/mol. The van der Waals surface area contributed by atoms with Gasteiger partial charge in [0.15, 0.2) is 0 Å². The SMILES string of the molecule is CC(=O)NN1CCN(C(=O)[C@H]2CC[C@H](c3ncc(-c4cccc(Nc5cc(C)ccn5)n4)s3)CC2)CC1. The fourth-order valence-electron chi connectivity index (χ4n) is 5.08. The van der Waals surface area contributed by atoms with E-state index in [0.717, 1.165) is 58.5 Å². The molecule has 3 aromatic heterocycles. The van der Waals surface area contributed by atoms with Gasteiger partial charge >= 0.3 is 0 Å². The summed E-state index contributed by atoms with van der Waals surface area (Å²) < 4.78 is 0. The average molecular weight is 520 g/mol. The molecular formula is C27H33N7O2S. The van der Waals surface area contributed by atoms with Crippen molar-refractivity contribution < 1.29 is 9.59 Å². The molecule has 1 saturated carbocycles. The number of aromatic nitrogens is 3. The molecule has 2 fully saturated rings. The Morgan fingerprint density at radius 3 is 2.51 bits per heavy atom. The van der Waals surface area contributed by atoms with E-state index in [-0.39, 0.29) is 17.7 Å². The van der Waals surface area contributed by atoms with Crippen molar-refractivity contribution in [1.29, 1.82) is 0 Å². The monoisotopic (exact) mass is 519 g/mol. The summed E-state index contributed by atoms with van der Waals surface area (Å²) in [7, 11) is 0. The van der Waals surface area contributed by atoms with Crippen molar-refractivity contribution in [2.75, 3.05) is 31.5 Å². The molecule has 0 spiro atoms. The molecule has 2 amide bonds. The zero-order valence-electron chi connectivity index (χ0n) is 21.3. The van der Waals surface area contributed by atoms with Gasteiger partial charge in [-0.15, -0.1) is 11.3 Å². The van der Waals surface area contributed by atoms with E-state index < -0.39 is 0 Å². The van der Waals surface area contributed by atoms with Crippen LogP contribution in [0.5, 0.6) is 0 Å². The first kappa shape index (κ1) is 25.3. The number of nitrogens with zero attached hydrogens (tertiary/aromatic N) is 5. The lowest BCUT2D eigenvalue weighted by Gasteiger charge is -2.37. The van der Waals surface area contributed by atoms with E-state index in [0.29, 0.717) is 32.1 Å². The number of thiazole rings is 1. The van der Waals surface area contributed by atoms with Crippen LogP contribution in [0.15, 0.2) is 42.7 Å². The summed E-state index contributed by atoms with van der Waals surface area (Å²) in [6, 6.07) is 9.90. The molecule has 0 bridgehead atoms. The summed E-state index contributed by atoms with van der Waals surface area (Å²) >= 11 is 1.70. The third-order valence-corrected chi connectivity index (χ3v) is 8.21. The van der Waals surface area contributed by atoms with Crippen molar-refractivity contribution in [3.8, 4) is 10.6 Å². The zero-order valence-corrected chi connectivity index (χ0v) is 22.1. The van der Waals surface area contributed by atoms with Crippen molar-refractivity contribution >= 4 is 34.8 Å². The van der Waals surface area contributed by atoms with E-state index in [9.17, 15) is 9.59 Å². The first-order chi connectivity index (χ1) is 17.9. The van der Waals surface area contributed by atoms with Crippen LogP contribution in [0.4, 0.5) is 11.6 Å². The summed E-state index contributed by atoms with van der Waals surface area (Å²) in [5.74, 6) is 2.19. The normalized spacial score (nSPS) is 20.4. The van der Waals surface area contributed by atoms with Gasteiger partial charge in [0.1, 0.15) is 11.6 Å². The van der Waals surface area contributed by atoms with Gasteiger partial charge in [-0.2, -0.15) is 0 Å². The lowest BCUT2D eigenvalue weighted by molar-refractivity contribution is -0.139. The Bertz CT molecular complexity index is 1250. The fraction of sp³-hybridized carbons (Fsp3) is 0.444. The van der Waals surface area contributed by atoms with Crippen LogP contribution >= 0.6 is 11.3 Å². The Morgan fingerprint density at radius 2 is 1.78 bits per heavy atom. The standard InChI is InChI=1S/C27H33N7O2S/c1-18-10-11-28-25(16-18)31-24-5-3-4-22(30-24)23-17-29-26(37-23)20-6-8-21(9-7-20)27(36)33-12-14-34(15-13-33)32-19(2)35/h3-5,10-11,16-17,20-21H,6-9,12-15H2,1-2H3,(H,32,35)(H,28,30,31)/t20-,21-. The number of carbonyl (C=O) groups excluding carboxylic acids is 2. The maximum atomic E-state index is 13.1. The number of nitrogens with one attached hydrogen (secondary N) is 2. The van der Waals surface area contributed by atoms with Crippen LogP contribution in [0.1, 0.15) is 49.1 Å². The highest BCUT2D eigenvalue weighted by Gasteiger charge is 2.32. The van der Waals surface area contributed by atoms with Gasteiger partial charge in [-0.1, -0.05) is 6.07 Å². The number of hydrogen-bond donors (Lipinski definition) is 2. The molecule has 2 N–H and O–H groups in total. The van der Waals surface area contributed by atoms with Crippen LogP contribution in [0.2, 0.25) is 0 Å². The highest BCUT2D eigenvalue weighted by atomic mass is 32.1. The number of rotatable bonds is 6. The van der Waals surface area contributed by atoms with Crippen LogP contribution < -0.4 is 10.7 Å². The smallest absolute Gasteiger partial charge is 0.231 e. The molecule has 0 atom stereocenters. The van der Waals surface area contributed by atoms with Crippen molar-refractivity contribution in [2.24, 2.45) is 5.92 Å². The molecule has 194 valence electrons. The van der Waals surface area contributed by atoms with E-state index in [1.165, 1.54) is 6.92 Å². The average Bonchev–Trinajstić information content (AvgIpc) is 3.39. The van der Waals surface area contributed by atoms with Crippen LogP contribution in [0.3, 0.4) is 0 Å². The minimum Gasteiger partial charge on any atom is -0.340 e. The van der Waals surface area contributed by atoms with E-state index in [1.807, 2.05) is 53.4 Å². The maximum Gasteiger partial charge on any atom is 0.231 e. The number of aryl methyl sites for hydroxylation is 1. The minimum atomic E-state index is -0.0665. The van der Waals surface area contributed by atoms with E-state index in [1.54, 1.807) is 17.5 Å². The molecule has 1 saturated heterocycles. The van der Waals surface area contributed by atoms with Gasteiger partial charge in [-0.05, 0) is 62.4 Å². The van der Waals surface area contributed by atoms with Crippen LogP contribution in [-0.2, 0) is 9.59 Å². The second-order valence-corrected chi connectivity index (χ2v) is 10.9. The summed E-state index contributed by atoms with van der Waals surface area (Å²) in [6.07, 6.45) is 7.44. The lowest BCUT2D eigenvalue weighted by atomic mass is 9.81. The van der Waals surface area contributed by atoms with Crippen molar-refractivity contribution in [3.63, 3.8) is 0 Å². The Balaban J connectivity index is 1.15. The highest BCUT2D eigenvalue weighted by Crippen LogP contribution is 2.40. The molecule has 3 aromatic rings. The molecule has 1 aliphatic heterocycles. The van der Waals surface area contributed by atoms with E-state index >= 15 is 0 Å². The summed E-state index contributed by atoms with van der Waals surface area (Å²) in [6.45, 7) is 6.22. The number of piperazine rings is 1. The molecule has 0 unspecified atom stereocenters. The predicted octanol–water partition coefficient (Wildman–Crippen LogP) is 4.12. The Labute approximate surface area is 221 Å². The van der Waals surface area contributed by atoms with E-state index in [2.05, 4.69) is 15.7 Å².